The maximum Gasteiger partial charge on any atom is 0.412 e. The van der Waals surface area contributed by atoms with Gasteiger partial charge in [0.1, 0.15) is 5.60 Å². The first-order valence-corrected chi connectivity index (χ1v) is 9.43. The molecule has 0 radical (unpaired) electrons. The Kier molecular flexibility index (Phi) is 7.44. The lowest BCUT2D eigenvalue weighted by molar-refractivity contribution is 0.0636. The van der Waals surface area contributed by atoms with E-state index in [-0.39, 0.29) is 12.1 Å². The summed E-state index contributed by atoms with van der Waals surface area (Å²) < 4.78 is 5.21. The van der Waals surface area contributed by atoms with E-state index in [9.17, 15) is 9.59 Å². The molecule has 0 aromatic heterocycles. The van der Waals surface area contributed by atoms with E-state index in [0.717, 1.165) is 12.8 Å². The summed E-state index contributed by atoms with van der Waals surface area (Å²) in [5.41, 5.74) is 1.93. The minimum Gasteiger partial charge on any atom is -0.444 e. The normalized spacial score (nSPS) is 12.0. The van der Waals surface area contributed by atoms with Crippen LogP contribution in [0.5, 0.6) is 0 Å². The summed E-state index contributed by atoms with van der Waals surface area (Å²) in [5.74, 6) is 0. The van der Waals surface area contributed by atoms with Crippen LogP contribution in [0.3, 0.4) is 0 Å². The zero-order valence-electron chi connectivity index (χ0n) is 16.9. The highest BCUT2D eigenvalue weighted by atomic mass is 16.6. The Morgan fingerprint density at radius 2 is 1.50 bits per heavy atom. The van der Waals surface area contributed by atoms with Crippen LogP contribution >= 0.6 is 0 Å². The quantitative estimate of drug-likeness (QED) is 0.643. The molecule has 3 N–H and O–H groups in total. The zero-order valence-corrected chi connectivity index (χ0v) is 16.9. The highest BCUT2D eigenvalue weighted by molar-refractivity contribution is 5.90. The monoisotopic (exact) mass is 383 g/mol. The van der Waals surface area contributed by atoms with E-state index in [1.54, 1.807) is 45.0 Å². The van der Waals surface area contributed by atoms with Crippen LogP contribution in [0.25, 0.3) is 0 Å². The van der Waals surface area contributed by atoms with Crippen molar-refractivity contribution in [2.45, 2.75) is 52.2 Å². The maximum atomic E-state index is 12.1. The second-order valence-corrected chi connectivity index (χ2v) is 7.73. The number of hydrogen-bond donors (Lipinski definition) is 3. The number of aryl methyl sites for hydroxylation is 1. The van der Waals surface area contributed by atoms with Crippen molar-refractivity contribution >= 4 is 23.5 Å². The summed E-state index contributed by atoms with van der Waals surface area (Å²) >= 11 is 0. The average Bonchev–Trinajstić information content (AvgIpc) is 2.61. The van der Waals surface area contributed by atoms with E-state index >= 15 is 0 Å². The summed E-state index contributed by atoms with van der Waals surface area (Å²) in [6.07, 6.45) is 1.25. The Labute approximate surface area is 166 Å². The Balaban J connectivity index is 1.76. The summed E-state index contributed by atoms with van der Waals surface area (Å²) in [5, 5.41) is 8.38. The number of ether oxygens (including phenoxy) is 1. The van der Waals surface area contributed by atoms with Gasteiger partial charge in [0.2, 0.25) is 0 Å². The Hall–Kier alpha value is -3.02. The van der Waals surface area contributed by atoms with Gasteiger partial charge < -0.3 is 15.4 Å². The van der Waals surface area contributed by atoms with E-state index in [1.165, 1.54) is 5.56 Å². The third-order valence-electron chi connectivity index (χ3n) is 3.87. The first-order chi connectivity index (χ1) is 13.2. The number of amides is 3. The molecule has 150 valence electrons. The molecule has 6 heteroatoms. The van der Waals surface area contributed by atoms with Crippen LogP contribution < -0.4 is 16.0 Å². The van der Waals surface area contributed by atoms with Crippen molar-refractivity contribution in [1.82, 2.24) is 5.32 Å². The van der Waals surface area contributed by atoms with Crippen molar-refractivity contribution in [3.8, 4) is 0 Å². The molecule has 0 aliphatic rings. The fourth-order valence-electron chi connectivity index (χ4n) is 2.55. The van der Waals surface area contributed by atoms with Crippen LogP contribution in [0.15, 0.2) is 54.6 Å². The van der Waals surface area contributed by atoms with Crippen molar-refractivity contribution in [1.29, 1.82) is 0 Å². The largest absolute Gasteiger partial charge is 0.444 e. The molecule has 0 saturated carbocycles. The van der Waals surface area contributed by atoms with Crippen molar-refractivity contribution < 1.29 is 14.3 Å². The predicted molar refractivity (Wildman–Crippen MR) is 113 cm³/mol. The average molecular weight is 383 g/mol. The molecule has 0 bridgehead atoms. The summed E-state index contributed by atoms with van der Waals surface area (Å²) in [6, 6.07) is 16.8. The van der Waals surface area contributed by atoms with Gasteiger partial charge >= 0.3 is 12.1 Å². The van der Waals surface area contributed by atoms with Crippen LogP contribution in [0.2, 0.25) is 0 Å². The van der Waals surface area contributed by atoms with Crippen LogP contribution in [0.1, 0.15) is 39.7 Å². The minimum absolute atomic E-state index is 0.0494. The van der Waals surface area contributed by atoms with Crippen molar-refractivity contribution in [2.24, 2.45) is 0 Å². The highest BCUT2D eigenvalue weighted by Crippen LogP contribution is 2.15. The molecular formula is C22H29N3O3. The van der Waals surface area contributed by atoms with Crippen LogP contribution in [0.4, 0.5) is 21.0 Å². The first kappa shape index (κ1) is 21.3. The van der Waals surface area contributed by atoms with Crippen molar-refractivity contribution in [3.63, 3.8) is 0 Å². The summed E-state index contributed by atoms with van der Waals surface area (Å²) in [7, 11) is 0. The first-order valence-electron chi connectivity index (χ1n) is 9.43. The van der Waals surface area contributed by atoms with Crippen LogP contribution in [-0.4, -0.2) is 23.8 Å². The smallest absolute Gasteiger partial charge is 0.412 e. The maximum absolute atomic E-state index is 12.1. The Morgan fingerprint density at radius 3 is 2.07 bits per heavy atom. The molecule has 6 nitrogen and oxygen atoms in total. The third kappa shape index (κ3) is 8.12. The van der Waals surface area contributed by atoms with Gasteiger partial charge in [0, 0.05) is 17.4 Å². The molecule has 1 unspecified atom stereocenters. The van der Waals surface area contributed by atoms with E-state index < -0.39 is 11.7 Å². The van der Waals surface area contributed by atoms with Gasteiger partial charge in [-0.3, -0.25) is 5.32 Å². The SMILES string of the molecule is CC(CCc1ccccc1)NC(=O)Nc1ccc(NC(=O)OC(C)(C)C)cc1. The number of rotatable bonds is 6. The van der Waals surface area contributed by atoms with E-state index in [0.29, 0.717) is 11.4 Å². The molecule has 2 aromatic carbocycles. The van der Waals surface area contributed by atoms with Gasteiger partial charge in [0.05, 0.1) is 0 Å². The van der Waals surface area contributed by atoms with Gasteiger partial charge in [-0.1, -0.05) is 30.3 Å². The van der Waals surface area contributed by atoms with Crippen molar-refractivity contribution in [3.05, 3.63) is 60.2 Å². The van der Waals surface area contributed by atoms with Gasteiger partial charge in [0.25, 0.3) is 0 Å². The fraction of sp³-hybridized carbons (Fsp3) is 0.364. The second kappa shape index (κ2) is 9.78. The molecule has 28 heavy (non-hydrogen) atoms. The molecule has 0 saturated heterocycles. The minimum atomic E-state index is -0.555. The lowest BCUT2D eigenvalue weighted by Crippen LogP contribution is -2.36. The third-order valence-corrected chi connectivity index (χ3v) is 3.87. The molecule has 3 amide bonds. The standard InChI is InChI=1S/C22H29N3O3/c1-16(10-11-17-8-6-5-7-9-17)23-20(26)24-18-12-14-19(15-13-18)25-21(27)28-22(2,3)4/h5-9,12-16H,10-11H2,1-4H3,(H,25,27)(H2,23,24,26). The molecule has 0 aliphatic heterocycles. The van der Waals surface area contributed by atoms with Gasteiger partial charge in [-0.15, -0.1) is 0 Å². The van der Waals surface area contributed by atoms with E-state index in [4.69, 9.17) is 4.74 Å². The fourth-order valence-corrected chi connectivity index (χ4v) is 2.55. The molecule has 2 rings (SSSR count). The van der Waals surface area contributed by atoms with Gasteiger partial charge in [-0.25, -0.2) is 9.59 Å². The van der Waals surface area contributed by atoms with Crippen molar-refractivity contribution in [2.75, 3.05) is 10.6 Å². The number of urea groups is 1. The molecule has 0 spiro atoms. The lowest BCUT2D eigenvalue weighted by Gasteiger charge is -2.19. The summed E-state index contributed by atoms with van der Waals surface area (Å²) in [6.45, 7) is 7.40. The van der Waals surface area contributed by atoms with Gasteiger partial charge in [-0.05, 0) is 70.4 Å². The number of benzene rings is 2. The van der Waals surface area contributed by atoms with Crippen LogP contribution in [-0.2, 0) is 11.2 Å². The number of carbonyl (C=O) groups excluding carboxylic acids is 2. The summed E-state index contributed by atoms with van der Waals surface area (Å²) in [4.78, 5) is 23.9. The molecular weight excluding hydrogens is 354 g/mol. The highest BCUT2D eigenvalue weighted by Gasteiger charge is 2.16. The lowest BCUT2D eigenvalue weighted by atomic mass is 10.1. The van der Waals surface area contributed by atoms with Gasteiger partial charge in [0.15, 0.2) is 0 Å². The zero-order chi connectivity index (χ0) is 20.6. The number of carbonyl (C=O) groups is 2. The molecule has 0 aliphatic carbocycles. The molecule has 1 atom stereocenters. The predicted octanol–water partition coefficient (Wildman–Crippen LogP) is 5.18. The van der Waals surface area contributed by atoms with E-state index in [1.807, 2.05) is 25.1 Å². The molecule has 0 fully saturated rings. The second-order valence-electron chi connectivity index (χ2n) is 7.73. The van der Waals surface area contributed by atoms with Crippen LogP contribution in [0, 0.1) is 0 Å². The topological polar surface area (TPSA) is 79.5 Å². The number of nitrogens with one attached hydrogen (secondary N) is 3. The number of anilines is 2. The molecule has 0 heterocycles. The Morgan fingerprint density at radius 1 is 0.929 bits per heavy atom. The van der Waals surface area contributed by atoms with E-state index in [2.05, 4.69) is 28.1 Å². The van der Waals surface area contributed by atoms with Gasteiger partial charge in [-0.2, -0.15) is 0 Å². The number of hydrogen-bond acceptors (Lipinski definition) is 3. The Bertz CT molecular complexity index is 768. The molecule has 2 aromatic rings.